The minimum absolute atomic E-state index is 0.0146. The Kier molecular flexibility index (Phi) is 4.16. The number of rotatable bonds is 6. The fraction of sp³-hybridized carbons (Fsp3) is 0.294. The fourth-order valence-electron chi connectivity index (χ4n) is 2.95. The van der Waals surface area contributed by atoms with Crippen LogP contribution in [-0.4, -0.2) is 31.7 Å². The van der Waals surface area contributed by atoms with Crippen molar-refractivity contribution in [3.05, 3.63) is 54.2 Å². The Bertz CT molecular complexity index is 834. The molecule has 2 heterocycles. The number of amides is 1. The Balaban J connectivity index is 1.78. The third kappa shape index (κ3) is 2.98. The molecular formula is C17H20N4O2. The van der Waals surface area contributed by atoms with E-state index in [0.29, 0.717) is 0 Å². The molecule has 2 aromatic heterocycles. The van der Waals surface area contributed by atoms with Gasteiger partial charge in [0.1, 0.15) is 5.69 Å². The van der Waals surface area contributed by atoms with Gasteiger partial charge in [-0.25, -0.2) is 4.98 Å². The Morgan fingerprint density at radius 1 is 1.35 bits per heavy atom. The van der Waals surface area contributed by atoms with Crippen molar-refractivity contribution in [1.29, 1.82) is 0 Å². The topological polar surface area (TPSA) is 86.1 Å². The summed E-state index contributed by atoms with van der Waals surface area (Å²) >= 11 is 0. The SMILES string of the molecule is Cn1cc(CCC(CO)n2cnc(C(N)=O)c2)c2ccccc21. The van der Waals surface area contributed by atoms with Crippen LogP contribution in [0.3, 0.4) is 0 Å². The van der Waals surface area contributed by atoms with Gasteiger partial charge in [0.15, 0.2) is 0 Å². The summed E-state index contributed by atoms with van der Waals surface area (Å²) in [5.74, 6) is -0.561. The van der Waals surface area contributed by atoms with Gasteiger partial charge >= 0.3 is 0 Å². The lowest BCUT2D eigenvalue weighted by molar-refractivity contribution is 0.0995. The third-order valence-corrected chi connectivity index (χ3v) is 4.21. The Hall–Kier alpha value is -2.60. The van der Waals surface area contributed by atoms with Crippen LogP contribution in [0.5, 0.6) is 0 Å². The molecule has 1 aromatic carbocycles. The molecule has 0 saturated carbocycles. The zero-order chi connectivity index (χ0) is 16.4. The van der Waals surface area contributed by atoms with E-state index < -0.39 is 5.91 Å². The number of nitrogens with two attached hydrogens (primary N) is 1. The van der Waals surface area contributed by atoms with Crippen molar-refractivity contribution in [2.24, 2.45) is 12.8 Å². The zero-order valence-corrected chi connectivity index (χ0v) is 13.0. The number of hydrogen-bond acceptors (Lipinski definition) is 3. The van der Waals surface area contributed by atoms with E-state index in [1.807, 2.05) is 19.2 Å². The predicted molar refractivity (Wildman–Crippen MR) is 88.1 cm³/mol. The summed E-state index contributed by atoms with van der Waals surface area (Å²) in [6, 6.07) is 8.14. The summed E-state index contributed by atoms with van der Waals surface area (Å²) in [4.78, 5) is 15.1. The molecule has 3 rings (SSSR count). The first kappa shape index (κ1) is 15.3. The van der Waals surface area contributed by atoms with Crippen LogP contribution in [0, 0.1) is 0 Å². The summed E-state index contributed by atoms with van der Waals surface area (Å²) in [6.07, 6.45) is 6.84. The molecule has 0 bridgehead atoms. The number of para-hydroxylation sites is 1. The molecule has 0 saturated heterocycles. The van der Waals surface area contributed by atoms with Gasteiger partial charge in [0, 0.05) is 30.3 Å². The lowest BCUT2D eigenvalue weighted by Gasteiger charge is -2.15. The highest BCUT2D eigenvalue weighted by atomic mass is 16.3. The molecule has 23 heavy (non-hydrogen) atoms. The average Bonchev–Trinajstić information content (AvgIpc) is 3.15. The van der Waals surface area contributed by atoms with Crippen LogP contribution >= 0.6 is 0 Å². The number of nitrogens with zero attached hydrogens (tertiary/aromatic N) is 3. The highest BCUT2D eigenvalue weighted by Gasteiger charge is 2.14. The van der Waals surface area contributed by atoms with Gasteiger partial charge in [-0.1, -0.05) is 18.2 Å². The van der Waals surface area contributed by atoms with Gasteiger partial charge in [0.2, 0.25) is 0 Å². The molecule has 3 aromatic rings. The van der Waals surface area contributed by atoms with Gasteiger partial charge in [0.05, 0.1) is 19.0 Å². The molecule has 6 heteroatoms. The van der Waals surface area contributed by atoms with Crippen LogP contribution in [0.15, 0.2) is 43.0 Å². The van der Waals surface area contributed by atoms with E-state index in [1.165, 1.54) is 16.5 Å². The van der Waals surface area contributed by atoms with Gasteiger partial charge in [-0.3, -0.25) is 4.79 Å². The van der Waals surface area contributed by atoms with Crippen LogP contribution in [-0.2, 0) is 13.5 Å². The molecule has 0 aliphatic rings. The number of imidazole rings is 1. The molecular weight excluding hydrogens is 292 g/mol. The van der Waals surface area contributed by atoms with Crippen LogP contribution in [0.4, 0.5) is 0 Å². The molecule has 1 atom stereocenters. The van der Waals surface area contributed by atoms with E-state index in [-0.39, 0.29) is 18.3 Å². The number of aromatic nitrogens is 3. The number of aryl methyl sites for hydroxylation is 2. The van der Waals surface area contributed by atoms with E-state index in [1.54, 1.807) is 17.1 Å². The van der Waals surface area contributed by atoms with Crippen molar-refractivity contribution in [3.63, 3.8) is 0 Å². The second-order valence-corrected chi connectivity index (χ2v) is 5.73. The lowest BCUT2D eigenvalue weighted by Crippen LogP contribution is -2.14. The van der Waals surface area contributed by atoms with Crippen LogP contribution in [0.25, 0.3) is 10.9 Å². The Morgan fingerprint density at radius 2 is 2.13 bits per heavy atom. The summed E-state index contributed by atoms with van der Waals surface area (Å²) in [5.41, 5.74) is 7.88. The zero-order valence-electron chi connectivity index (χ0n) is 13.0. The van der Waals surface area contributed by atoms with Gasteiger partial charge in [-0.05, 0) is 24.5 Å². The second kappa shape index (κ2) is 6.26. The quantitative estimate of drug-likeness (QED) is 0.725. The first-order valence-corrected chi connectivity index (χ1v) is 7.57. The predicted octanol–water partition coefficient (Wildman–Crippen LogP) is 1.64. The molecule has 0 aliphatic carbocycles. The number of carbonyl (C=O) groups excluding carboxylic acids is 1. The molecule has 0 aliphatic heterocycles. The molecule has 3 N–H and O–H groups in total. The van der Waals surface area contributed by atoms with Gasteiger partial charge < -0.3 is 20.0 Å². The normalized spacial score (nSPS) is 12.6. The average molecular weight is 312 g/mol. The fourth-order valence-corrected chi connectivity index (χ4v) is 2.95. The third-order valence-electron chi connectivity index (χ3n) is 4.21. The second-order valence-electron chi connectivity index (χ2n) is 5.73. The summed E-state index contributed by atoms with van der Waals surface area (Å²) in [7, 11) is 2.03. The molecule has 120 valence electrons. The summed E-state index contributed by atoms with van der Waals surface area (Å²) < 4.78 is 3.87. The highest BCUT2D eigenvalue weighted by molar-refractivity contribution is 5.90. The highest BCUT2D eigenvalue weighted by Crippen LogP contribution is 2.24. The molecule has 0 spiro atoms. The molecule has 1 unspecified atom stereocenters. The van der Waals surface area contributed by atoms with E-state index in [0.717, 1.165) is 12.8 Å². The first-order valence-electron chi connectivity index (χ1n) is 7.57. The first-order chi connectivity index (χ1) is 11.1. The maximum Gasteiger partial charge on any atom is 0.268 e. The van der Waals surface area contributed by atoms with Crippen LogP contribution in [0.1, 0.15) is 28.5 Å². The molecule has 1 amide bonds. The Labute approximate surface area is 134 Å². The van der Waals surface area contributed by atoms with Crippen LogP contribution < -0.4 is 5.73 Å². The van der Waals surface area contributed by atoms with E-state index in [9.17, 15) is 9.90 Å². The number of aliphatic hydroxyl groups is 1. The van der Waals surface area contributed by atoms with Crippen molar-refractivity contribution in [2.75, 3.05) is 6.61 Å². The summed E-state index contributed by atoms with van der Waals surface area (Å²) in [5, 5.41) is 10.9. The van der Waals surface area contributed by atoms with Crippen LogP contribution in [0.2, 0.25) is 0 Å². The minimum Gasteiger partial charge on any atom is -0.394 e. The van der Waals surface area contributed by atoms with Crippen molar-refractivity contribution < 1.29 is 9.90 Å². The van der Waals surface area contributed by atoms with Gasteiger partial charge in [-0.15, -0.1) is 0 Å². The van der Waals surface area contributed by atoms with Crippen molar-refractivity contribution in [1.82, 2.24) is 14.1 Å². The number of carbonyl (C=O) groups is 1. The van der Waals surface area contributed by atoms with E-state index in [4.69, 9.17) is 5.73 Å². The Morgan fingerprint density at radius 3 is 2.83 bits per heavy atom. The summed E-state index contributed by atoms with van der Waals surface area (Å²) in [6.45, 7) is -0.0146. The van der Waals surface area contributed by atoms with Crippen molar-refractivity contribution in [2.45, 2.75) is 18.9 Å². The maximum absolute atomic E-state index is 11.1. The monoisotopic (exact) mass is 312 g/mol. The number of aliphatic hydroxyl groups excluding tert-OH is 1. The molecule has 6 nitrogen and oxygen atoms in total. The number of primary amides is 1. The van der Waals surface area contributed by atoms with E-state index in [2.05, 4.69) is 27.9 Å². The van der Waals surface area contributed by atoms with E-state index >= 15 is 0 Å². The van der Waals surface area contributed by atoms with Gasteiger partial charge in [0.25, 0.3) is 5.91 Å². The van der Waals surface area contributed by atoms with Crippen molar-refractivity contribution in [3.8, 4) is 0 Å². The minimum atomic E-state index is -0.561. The number of fused-ring (bicyclic) bond motifs is 1. The standard InChI is InChI=1S/C17H20N4O2/c1-20-8-12(14-4-2-3-5-16(14)20)6-7-13(10-22)21-9-15(17(18)23)19-11-21/h2-5,8-9,11,13,22H,6-7,10H2,1H3,(H2,18,23). The largest absolute Gasteiger partial charge is 0.394 e. The smallest absolute Gasteiger partial charge is 0.268 e. The number of hydrogen-bond donors (Lipinski definition) is 2. The molecule has 0 fully saturated rings. The van der Waals surface area contributed by atoms with Gasteiger partial charge in [-0.2, -0.15) is 0 Å². The van der Waals surface area contributed by atoms with Crippen molar-refractivity contribution >= 4 is 16.8 Å². The maximum atomic E-state index is 11.1. The molecule has 0 radical (unpaired) electrons. The number of benzene rings is 1. The lowest BCUT2D eigenvalue weighted by atomic mass is 10.0.